The number of pyridine rings is 6. The number of ether oxygens (including phenoxy) is 2. The van der Waals surface area contributed by atoms with Crippen LogP contribution >= 0.6 is 15.9 Å². The molecule has 12 aromatic heterocycles. The van der Waals surface area contributed by atoms with E-state index in [-0.39, 0.29) is 58.1 Å². The summed E-state index contributed by atoms with van der Waals surface area (Å²) in [5, 5.41) is 11.9. The van der Waals surface area contributed by atoms with Gasteiger partial charge in [0.15, 0.2) is 0 Å². The van der Waals surface area contributed by atoms with Crippen LogP contribution in [0.25, 0.3) is 134 Å². The van der Waals surface area contributed by atoms with Gasteiger partial charge in [0.25, 0.3) is 0 Å². The number of nitrogens with zero attached hydrogens (tertiary/aromatic N) is 12. The maximum atomic E-state index is 14.5. The van der Waals surface area contributed by atoms with Gasteiger partial charge in [0.2, 0.25) is 0 Å². The second kappa shape index (κ2) is 32.5. The van der Waals surface area contributed by atoms with E-state index in [9.17, 15) is 44.7 Å². The summed E-state index contributed by atoms with van der Waals surface area (Å²) in [6, 6.07) is 40.1. The molecule has 1 saturated heterocycles. The van der Waals surface area contributed by atoms with Crippen molar-refractivity contribution in [1.29, 1.82) is 0 Å². The lowest BCUT2D eigenvalue weighted by atomic mass is 9.80. The maximum Gasteiger partial charge on any atom is 0.496 e. The number of carbonyl (C=O) groups excluding carboxylic acids is 2. The number of nitrogens with one attached hydrogen (secondary N) is 2. The van der Waals surface area contributed by atoms with Crippen LogP contribution in [0.1, 0.15) is 55.4 Å². The number of aromatic amines is 2. The molecule has 0 amide bonds. The number of benzene rings is 4. The predicted molar refractivity (Wildman–Crippen MR) is 422 cm³/mol. The van der Waals surface area contributed by atoms with E-state index in [2.05, 4.69) is 66.0 Å². The zero-order valence-electron chi connectivity index (χ0n) is 62.3. The molecular formula is C84H68BBrF8N14O6. The van der Waals surface area contributed by atoms with E-state index in [1.165, 1.54) is 73.1 Å². The van der Waals surface area contributed by atoms with Gasteiger partial charge in [-0.05, 0) is 205 Å². The van der Waals surface area contributed by atoms with Crippen LogP contribution in [0.2, 0.25) is 0 Å². The Bertz CT molecular complexity index is 6000. The van der Waals surface area contributed by atoms with E-state index in [0.717, 1.165) is 89.2 Å². The predicted octanol–water partition coefficient (Wildman–Crippen LogP) is 19.9. The van der Waals surface area contributed by atoms with E-state index in [4.69, 9.17) is 18.8 Å². The monoisotopic (exact) mass is 1610 g/mol. The Morgan fingerprint density at radius 1 is 0.430 bits per heavy atom. The van der Waals surface area contributed by atoms with Crippen LogP contribution in [-0.4, -0.2) is 112 Å². The van der Waals surface area contributed by atoms with Gasteiger partial charge in [-0.1, -0.05) is 24.3 Å². The van der Waals surface area contributed by atoms with E-state index < -0.39 is 77.0 Å². The van der Waals surface area contributed by atoms with E-state index in [1.807, 2.05) is 99.4 Å². The number of fused-ring (bicyclic) bond motifs is 4. The highest BCUT2D eigenvalue weighted by Gasteiger charge is 2.52. The first-order valence-corrected chi connectivity index (χ1v) is 36.8. The van der Waals surface area contributed by atoms with Crippen molar-refractivity contribution in [3.8, 4) is 90.1 Å². The molecule has 1 aliphatic heterocycles. The van der Waals surface area contributed by atoms with E-state index in [0.29, 0.717) is 56.5 Å². The van der Waals surface area contributed by atoms with Gasteiger partial charge in [-0.15, -0.1) is 0 Å². The Kier molecular flexibility index (Phi) is 22.2. The maximum absolute atomic E-state index is 14.5. The molecule has 114 heavy (non-hydrogen) atoms. The third-order valence-electron chi connectivity index (χ3n) is 19.2. The van der Waals surface area contributed by atoms with Gasteiger partial charge < -0.3 is 28.8 Å². The van der Waals surface area contributed by atoms with E-state index in [1.54, 1.807) is 75.3 Å². The molecule has 16 aromatic rings. The Morgan fingerprint density at radius 2 is 0.816 bits per heavy atom. The van der Waals surface area contributed by atoms with Crippen LogP contribution in [0.15, 0.2) is 212 Å². The van der Waals surface area contributed by atoms with Gasteiger partial charge in [-0.25, -0.2) is 73.8 Å². The average molecular weight is 1610 g/mol. The van der Waals surface area contributed by atoms with Crippen LogP contribution in [0.5, 0.6) is 0 Å². The first kappa shape index (κ1) is 77.9. The molecule has 0 aliphatic carbocycles. The van der Waals surface area contributed by atoms with Gasteiger partial charge in [0, 0.05) is 116 Å². The zero-order valence-corrected chi connectivity index (χ0v) is 63.8. The minimum absolute atomic E-state index is 0.0163. The summed E-state index contributed by atoms with van der Waals surface area (Å²) >= 11 is 3.28. The molecule has 0 radical (unpaired) electrons. The summed E-state index contributed by atoms with van der Waals surface area (Å²) in [4.78, 5) is 56.7. The Morgan fingerprint density at radius 3 is 1.19 bits per heavy atom. The molecule has 30 heteroatoms. The van der Waals surface area contributed by atoms with Crippen molar-refractivity contribution in [1.82, 2.24) is 68.6 Å². The quantitative estimate of drug-likeness (QED) is 0.0809. The first-order valence-electron chi connectivity index (χ1n) is 36.0. The van der Waals surface area contributed by atoms with Crippen LogP contribution in [0, 0.1) is 46.5 Å². The topological polar surface area (TPSA) is 225 Å². The second-order valence-corrected chi connectivity index (χ2v) is 27.9. The van der Waals surface area contributed by atoms with E-state index >= 15 is 0 Å². The lowest BCUT2D eigenvalue weighted by Gasteiger charge is -2.32. The molecule has 0 spiro atoms. The lowest BCUT2D eigenvalue weighted by molar-refractivity contribution is 0.00578. The summed E-state index contributed by atoms with van der Waals surface area (Å²) in [5.41, 5.74) is 8.20. The SMILES string of the molecule is CCOC(=O)n1c(-c2c(F)cccc2F)cc2cc(B3OC(C)(C)C(C)(C)O3)cnc21.CCOC(=O)n1c(-c2c(F)cccc2F)cc2cc(Br)cnc21.CCn1nc(-c2cccnc2)cc1-c1cnc2[nH]c(-c3c(F)cccc3F)cc2c1.CCn1nc(-c2cccnc2)cc1-c1cnc2[nH]c(-c3c(F)cccc3F)cc2c1. The van der Waals surface area contributed by atoms with Crippen molar-refractivity contribution in [2.24, 2.45) is 0 Å². The molecule has 0 unspecified atom stereocenters. The third-order valence-corrected chi connectivity index (χ3v) is 19.6. The molecule has 13 heterocycles. The van der Waals surface area contributed by atoms with Gasteiger partial charge in [0.1, 0.15) is 69.1 Å². The van der Waals surface area contributed by atoms with Gasteiger partial charge in [-0.3, -0.25) is 19.3 Å². The fourth-order valence-electron chi connectivity index (χ4n) is 13.1. The number of aromatic nitrogens is 14. The molecule has 20 nitrogen and oxygen atoms in total. The number of hydrogen-bond acceptors (Lipinski definition) is 14. The fraction of sp³-hybridized carbons (Fsp3) is 0.167. The Hall–Kier alpha value is -12.8. The first-order chi connectivity index (χ1) is 54.8. The molecule has 0 saturated carbocycles. The molecule has 1 aliphatic rings. The minimum Gasteiger partial charge on any atom is -0.449 e. The van der Waals surface area contributed by atoms with Crippen LogP contribution in [0.3, 0.4) is 0 Å². The highest BCUT2D eigenvalue weighted by atomic mass is 79.9. The van der Waals surface area contributed by atoms with Crippen molar-refractivity contribution < 1.29 is 63.5 Å². The minimum atomic E-state index is -0.792. The smallest absolute Gasteiger partial charge is 0.449 e. The van der Waals surface area contributed by atoms with Crippen molar-refractivity contribution in [3.05, 3.63) is 258 Å². The number of rotatable bonds is 13. The van der Waals surface area contributed by atoms with Gasteiger partial charge >= 0.3 is 19.3 Å². The standard InChI is InChI=1S/2C23H17F2N5.C22H23BF2N2O4.C16H11BrF2N2O2/c2*1-2-30-21(11-19(29-30)14-5-4-8-26-12-14)16-9-15-10-20(28-23(15)27-13-16)22-17(24)6-3-7-18(22)25;1-6-29-20(28)27-17(18-15(24)8-7-9-16(18)25)11-13-10-14(12-26-19(13)27)23-30-21(2,3)22(4,5)31-23;1-2-23-16(22)21-13(14-11(18)4-3-5-12(14)19)7-9-6-10(17)8-20-15(9)21/h2*3-13H,2H2,1H3,(H,27,28);7-12H,6H2,1-5H3;3-8H,2H2,1H3. The van der Waals surface area contributed by atoms with Crippen LogP contribution in [0.4, 0.5) is 44.7 Å². The zero-order chi connectivity index (χ0) is 80.4. The summed E-state index contributed by atoms with van der Waals surface area (Å²) in [6.45, 7) is 16.7. The van der Waals surface area contributed by atoms with Crippen LogP contribution < -0.4 is 5.46 Å². The highest BCUT2D eigenvalue weighted by Crippen LogP contribution is 2.40. The molecule has 0 bridgehead atoms. The summed E-state index contributed by atoms with van der Waals surface area (Å²) in [7, 11) is -0.665. The summed E-state index contributed by atoms with van der Waals surface area (Å²) in [5.74, 6) is -5.59. The van der Waals surface area contributed by atoms with Gasteiger partial charge in [0.05, 0.1) is 92.2 Å². The Balaban J connectivity index is 0.000000126. The number of carbonyl (C=O) groups is 2. The molecule has 2 N–H and O–H groups in total. The molecule has 1 fully saturated rings. The second-order valence-electron chi connectivity index (χ2n) is 27.0. The molecular weight excluding hydrogens is 1540 g/mol. The van der Waals surface area contributed by atoms with Crippen molar-refractivity contribution in [2.45, 2.75) is 79.7 Å². The van der Waals surface area contributed by atoms with Crippen LogP contribution in [-0.2, 0) is 31.9 Å². The summed E-state index contributed by atoms with van der Waals surface area (Å²) < 4.78 is 143. The van der Waals surface area contributed by atoms with Crippen molar-refractivity contribution in [3.63, 3.8) is 0 Å². The number of halogens is 9. The molecule has 4 aromatic carbocycles. The molecule has 17 rings (SSSR count). The number of H-pyrrole nitrogens is 2. The third kappa shape index (κ3) is 15.5. The van der Waals surface area contributed by atoms with Gasteiger partial charge in [-0.2, -0.15) is 10.2 Å². The lowest BCUT2D eigenvalue weighted by Crippen LogP contribution is -2.41. The average Bonchev–Trinajstić information content (AvgIpc) is 1.60. The normalized spacial score (nSPS) is 12.9. The molecule has 576 valence electrons. The van der Waals surface area contributed by atoms with Crippen molar-refractivity contribution >= 4 is 84.8 Å². The fourth-order valence-corrected chi connectivity index (χ4v) is 13.4. The highest BCUT2D eigenvalue weighted by molar-refractivity contribution is 9.10. The molecule has 0 atom stereocenters. The number of aryl methyl sites for hydroxylation is 2. The van der Waals surface area contributed by atoms with Crippen molar-refractivity contribution in [2.75, 3.05) is 13.2 Å². The largest absolute Gasteiger partial charge is 0.496 e. The summed E-state index contributed by atoms with van der Waals surface area (Å²) in [6.07, 6.45) is 12.0. The number of hydrogen-bond donors (Lipinski definition) is 2. The Labute approximate surface area is 654 Å².